The molecule has 0 aliphatic rings. The van der Waals surface area contributed by atoms with Crippen molar-refractivity contribution >= 4 is 18.4 Å². The summed E-state index contributed by atoms with van der Waals surface area (Å²) in [5.74, 6) is -0.836. The monoisotopic (exact) mass is 199 g/mol. The van der Waals surface area contributed by atoms with Gasteiger partial charge in [0.05, 0.1) is 6.42 Å². The van der Waals surface area contributed by atoms with Gasteiger partial charge in [-0.15, -0.1) is 12.4 Å². The van der Waals surface area contributed by atoms with E-state index in [2.05, 4.69) is 0 Å². The second kappa shape index (κ2) is 17.0. The van der Waals surface area contributed by atoms with E-state index in [0.29, 0.717) is 0 Å². The topological polar surface area (TPSA) is 72.5 Å². The van der Waals surface area contributed by atoms with Crippen LogP contribution in [-0.2, 0) is 9.53 Å². The zero-order valence-corrected chi connectivity index (χ0v) is 8.39. The first kappa shape index (κ1) is 17.7. The lowest BCUT2D eigenvalue weighted by Crippen LogP contribution is -2.05. The van der Waals surface area contributed by atoms with Gasteiger partial charge in [0.1, 0.15) is 0 Å². The molecular formula is C7H18ClNO3. The minimum Gasteiger partial charge on any atom is -0.481 e. The molecule has 0 aliphatic carbocycles. The Balaban J connectivity index is -0.000000126. The number of halogens is 1. The third-order valence-corrected chi connectivity index (χ3v) is 0.766. The number of rotatable bonds is 4. The molecule has 0 saturated carbocycles. The maximum Gasteiger partial charge on any atom is 0.304 e. The van der Waals surface area contributed by atoms with Crippen molar-refractivity contribution in [2.24, 2.45) is 5.73 Å². The van der Waals surface area contributed by atoms with Gasteiger partial charge in [-0.25, -0.2) is 0 Å². The molecule has 0 bridgehead atoms. The van der Waals surface area contributed by atoms with Crippen LogP contribution in [0.15, 0.2) is 0 Å². The first-order valence-corrected chi connectivity index (χ1v) is 3.68. The van der Waals surface area contributed by atoms with Gasteiger partial charge < -0.3 is 15.6 Å². The molecule has 3 N–H and O–H groups in total. The largest absolute Gasteiger partial charge is 0.481 e. The first-order valence-electron chi connectivity index (χ1n) is 3.68. The highest BCUT2D eigenvalue weighted by molar-refractivity contribution is 5.85. The molecule has 5 heteroatoms. The molecule has 0 spiro atoms. The minimum atomic E-state index is -0.836. The van der Waals surface area contributed by atoms with Crippen molar-refractivity contribution in [3.8, 4) is 0 Å². The molecule has 0 heterocycles. The predicted octanol–water partition coefficient (Wildman–Crippen LogP) is 0.884. The molecule has 0 rings (SSSR count). The normalized spacial score (nSPS) is 7.58. The van der Waals surface area contributed by atoms with Gasteiger partial charge in [0.2, 0.25) is 0 Å². The van der Waals surface area contributed by atoms with Crippen LogP contribution in [-0.4, -0.2) is 30.8 Å². The number of aliphatic carboxylic acids is 1. The highest BCUT2D eigenvalue weighted by Crippen LogP contribution is 1.67. The number of hydrogen-bond acceptors (Lipinski definition) is 3. The highest BCUT2D eigenvalue weighted by Gasteiger charge is 1.87. The van der Waals surface area contributed by atoms with Gasteiger partial charge in [-0.05, 0) is 13.8 Å². The van der Waals surface area contributed by atoms with Crippen LogP contribution >= 0.6 is 12.4 Å². The smallest absolute Gasteiger partial charge is 0.304 e. The van der Waals surface area contributed by atoms with E-state index in [1.54, 1.807) is 0 Å². The lowest BCUT2D eigenvalue weighted by molar-refractivity contribution is -0.136. The summed E-state index contributed by atoms with van der Waals surface area (Å²) in [5.41, 5.74) is 4.85. The van der Waals surface area contributed by atoms with Gasteiger partial charge in [0.25, 0.3) is 0 Å². The molecule has 0 aromatic rings. The van der Waals surface area contributed by atoms with E-state index in [0.717, 1.165) is 13.2 Å². The van der Waals surface area contributed by atoms with E-state index in [9.17, 15) is 4.79 Å². The molecule has 0 aromatic carbocycles. The number of carbonyl (C=O) groups is 1. The lowest BCUT2D eigenvalue weighted by Gasteiger charge is -1.86. The first-order chi connectivity index (χ1) is 5.18. The molecule has 4 nitrogen and oxygen atoms in total. The van der Waals surface area contributed by atoms with Crippen molar-refractivity contribution in [3.05, 3.63) is 0 Å². The summed E-state index contributed by atoms with van der Waals surface area (Å²) in [6.07, 6.45) is 0.0694. The lowest BCUT2D eigenvalue weighted by atomic mass is 10.5. The second-order valence-corrected chi connectivity index (χ2v) is 1.71. The maximum atomic E-state index is 9.52. The quantitative estimate of drug-likeness (QED) is 0.705. The fraction of sp³-hybridized carbons (Fsp3) is 0.857. The number of carboxylic acid groups (broad SMARTS) is 1. The zero-order valence-electron chi connectivity index (χ0n) is 7.58. The van der Waals surface area contributed by atoms with E-state index in [1.165, 1.54) is 0 Å². The molecule has 0 atom stereocenters. The van der Waals surface area contributed by atoms with Gasteiger partial charge >= 0.3 is 5.97 Å². The number of carboxylic acids is 1. The summed E-state index contributed by atoms with van der Waals surface area (Å²) in [6.45, 7) is 5.90. The van der Waals surface area contributed by atoms with Crippen LogP contribution in [0.2, 0.25) is 0 Å². The standard InChI is InChI=1S/C4H10O.C3H7NO2.ClH/c1-3-5-4-2;4-2-1-3(5)6;/h3-4H2,1-2H3;1-2,4H2,(H,5,6);1H. The minimum absolute atomic E-state index is 0. The summed E-state index contributed by atoms with van der Waals surface area (Å²) >= 11 is 0. The van der Waals surface area contributed by atoms with E-state index < -0.39 is 5.97 Å². The van der Waals surface area contributed by atoms with Crippen LogP contribution in [0.1, 0.15) is 20.3 Å². The van der Waals surface area contributed by atoms with Gasteiger partial charge in [-0.1, -0.05) is 0 Å². The third kappa shape index (κ3) is 33.3. The van der Waals surface area contributed by atoms with Crippen molar-refractivity contribution in [3.63, 3.8) is 0 Å². The zero-order chi connectivity index (χ0) is 9.11. The van der Waals surface area contributed by atoms with Crippen molar-refractivity contribution < 1.29 is 14.6 Å². The SMILES string of the molecule is CCOCC.Cl.NCCC(=O)O. The summed E-state index contributed by atoms with van der Waals surface area (Å²) in [4.78, 5) is 9.52. The summed E-state index contributed by atoms with van der Waals surface area (Å²) < 4.78 is 4.83. The van der Waals surface area contributed by atoms with Crippen LogP contribution in [0.3, 0.4) is 0 Å². The van der Waals surface area contributed by atoms with Crippen LogP contribution in [0.5, 0.6) is 0 Å². The summed E-state index contributed by atoms with van der Waals surface area (Å²) in [7, 11) is 0. The molecule has 0 aromatic heterocycles. The molecule has 0 radical (unpaired) electrons. The van der Waals surface area contributed by atoms with Gasteiger partial charge in [-0.2, -0.15) is 0 Å². The molecule has 0 saturated heterocycles. The van der Waals surface area contributed by atoms with Gasteiger partial charge in [0, 0.05) is 19.8 Å². The predicted molar refractivity (Wildman–Crippen MR) is 50.7 cm³/mol. The van der Waals surface area contributed by atoms with Crippen LogP contribution < -0.4 is 5.73 Å². The van der Waals surface area contributed by atoms with Crippen molar-refractivity contribution in [1.82, 2.24) is 0 Å². The average molecular weight is 200 g/mol. The molecule has 76 valence electrons. The van der Waals surface area contributed by atoms with E-state index in [-0.39, 0.29) is 25.4 Å². The Bertz CT molecular complexity index is 88.7. The number of hydrogen-bond donors (Lipinski definition) is 2. The fourth-order valence-electron chi connectivity index (χ4n) is 0.328. The third-order valence-electron chi connectivity index (χ3n) is 0.766. The van der Waals surface area contributed by atoms with E-state index in [1.807, 2.05) is 13.8 Å². The Morgan fingerprint density at radius 1 is 1.42 bits per heavy atom. The van der Waals surface area contributed by atoms with E-state index in [4.69, 9.17) is 15.6 Å². The van der Waals surface area contributed by atoms with Gasteiger partial charge in [0.15, 0.2) is 0 Å². The molecule has 12 heavy (non-hydrogen) atoms. The second-order valence-electron chi connectivity index (χ2n) is 1.71. The fourth-order valence-corrected chi connectivity index (χ4v) is 0.328. The molecule has 0 fully saturated rings. The Morgan fingerprint density at radius 2 is 1.83 bits per heavy atom. The summed E-state index contributed by atoms with van der Waals surface area (Å²) in [5, 5.41) is 7.83. The van der Waals surface area contributed by atoms with Crippen molar-refractivity contribution in [1.29, 1.82) is 0 Å². The Morgan fingerprint density at radius 3 is 1.83 bits per heavy atom. The van der Waals surface area contributed by atoms with Gasteiger partial charge in [-0.3, -0.25) is 4.79 Å². The van der Waals surface area contributed by atoms with E-state index >= 15 is 0 Å². The van der Waals surface area contributed by atoms with Crippen LogP contribution in [0.4, 0.5) is 0 Å². The molecule has 0 amide bonds. The van der Waals surface area contributed by atoms with Crippen LogP contribution in [0, 0.1) is 0 Å². The van der Waals surface area contributed by atoms with Crippen molar-refractivity contribution in [2.45, 2.75) is 20.3 Å². The Labute approximate surface area is 79.5 Å². The molecular weight excluding hydrogens is 182 g/mol. The van der Waals surface area contributed by atoms with Crippen LogP contribution in [0.25, 0.3) is 0 Å². The number of nitrogens with two attached hydrogens (primary N) is 1. The molecule has 0 aliphatic heterocycles. The Hall–Kier alpha value is -0.320. The summed E-state index contributed by atoms with van der Waals surface area (Å²) in [6, 6.07) is 0. The molecule has 0 unspecified atom stereocenters. The van der Waals surface area contributed by atoms with Crippen molar-refractivity contribution in [2.75, 3.05) is 19.8 Å². The highest BCUT2D eigenvalue weighted by atomic mass is 35.5. The maximum absolute atomic E-state index is 9.52. The average Bonchev–Trinajstić information content (AvgIpc) is 1.90. The number of ether oxygens (including phenoxy) is 1. The Kier molecular flexibility index (Phi) is 25.0.